The average Bonchev–Trinajstić information content (AvgIpc) is 2.36. The van der Waals surface area contributed by atoms with Gasteiger partial charge < -0.3 is 10.1 Å². The summed E-state index contributed by atoms with van der Waals surface area (Å²) >= 11 is 4.68. The number of nitrogens with one attached hydrogen (secondary N) is 1. The first kappa shape index (κ1) is 8.13. The summed E-state index contributed by atoms with van der Waals surface area (Å²) in [5.41, 5.74) is 0. The van der Waals surface area contributed by atoms with Crippen molar-refractivity contribution in [3.05, 3.63) is 0 Å². The Bertz CT molecular complexity index is 215. The molecular weight excluding hydrogens is 164 g/mol. The first-order valence-electron chi connectivity index (χ1n) is 3.25. The molecule has 0 bridgehead atoms. The Morgan fingerprint density at radius 3 is 3.18 bits per heavy atom. The van der Waals surface area contributed by atoms with Gasteiger partial charge in [0.05, 0.1) is 6.61 Å². The zero-order valence-corrected chi connectivity index (χ0v) is 6.85. The van der Waals surface area contributed by atoms with E-state index in [0.29, 0.717) is 11.7 Å². The second-order valence-electron chi connectivity index (χ2n) is 1.96. The lowest BCUT2D eigenvalue weighted by Gasteiger charge is -2.05. The van der Waals surface area contributed by atoms with Gasteiger partial charge in [-0.15, -0.1) is 0 Å². The van der Waals surface area contributed by atoms with Crippen LogP contribution in [0.1, 0.15) is 6.92 Å². The van der Waals surface area contributed by atoms with Crippen molar-refractivity contribution in [3.8, 4) is 0 Å². The highest BCUT2D eigenvalue weighted by atomic mass is 32.1. The molecule has 0 spiro atoms. The Morgan fingerprint density at radius 1 is 2.00 bits per heavy atom. The molecule has 60 valence electrons. The van der Waals surface area contributed by atoms with Gasteiger partial charge in [0.25, 0.3) is 0 Å². The molecular formula is C6H8N2O2S. The van der Waals surface area contributed by atoms with E-state index in [1.165, 1.54) is 6.21 Å². The van der Waals surface area contributed by atoms with Gasteiger partial charge in [0.1, 0.15) is 0 Å². The van der Waals surface area contributed by atoms with Crippen molar-refractivity contribution in [3.63, 3.8) is 0 Å². The molecule has 0 fully saturated rings. The summed E-state index contributed by atoms with van der Waals surface area (Å²) in [6.45, 7) is 2.12. The summed E-state index contributed by atoms with van der Waals surface area (Å²) in [5.74, 6) is -0.337. The van der Waals surface area contributed by atoms with Crippen LogP contribution >= 0.6 is 12.2 Å². The molecule has 11 heavy (non-hydrogen) atoms. The van der Waals surface area contributed by atoms with Crippen LogP contribution in [0.3, 0.4) is 0 Å². The number of hydrogen-bond acceptors (Lipinski definition) is 3. The van der Waals surface area contributed by atoms with Crippen LogP contribution < -0.4 is 5.32 Å². The van der Waals surface area contributed by atoms with Crippen LogP contribution in [0.25, 0.3) is 0 Å². The Labute approximate surface area is 69.6 Å². The van der Waals surface area contributed by atoms with Crippen LogP contribution in [0.5, 0.6) is 0 Å². The van der Waals surface area contributed by atoms with E-state index in [-0.39, 0.29) is 5.97 Å². The molecule has 0 aromatic heterocycles. The fraction of sp³-hybridized carbons (Fsp3) is 0.500. The van der Waals surface area contributed by atoms with Gasteiger partial charge in [-0.2, -0.15) is 0 Å². The number of thiocarbonyl (C=S) groups is 1. The fourth-order valence-electron chi connectivity index (χ4n) is 0.702. The maximum atomic E-state index is 11.0. The van der Waals surface area contributed by atoms with Crippen molar-refractivity contribution >= 4 is 29.5 Å². The number of nitrogens with zero attached hydrogens (tertiary/aromatic N) is 1. The van der Waals surface area contributed by atoms with Gasteiger partial charge in [-0.25, -0.2) is 9.79 Å². The molecule has 1 rings (SSSR count). The third-order valence-corrected chi connectivity index (χ3v) is 1.38. The van der Waals surface area contributed by atoms with Gasteiger partial charge in [0, 0.05) is 6.21 Å². The van der Waals surface area contributed by atoms with E-state index in [9.17, 15) is 4.79 Å². The van der Waals surface area contributed by atoms with Gasteiger partial charge >= 0.3 is 5.97 Å². The molecule has 1 aliphatic heterocycles. The minimum atomic E-state index is -0.484. The Morgan fingerprint density at radius 2 is 2.73 bits per heavy atom. The van der Waals surface area contributed by atoms with Crippen molar-refractivity contribution < 1.29 is 9.53 Å². The standard InChI is InChI=1S/C6H8N2O2S/c1-2-10-5(9)4-3-7-6(11)8-4/h3-4H,2H2,1H3,(H,8,11). The van der Waals surface area contributed by atoms with Crippen molar-refractivity contribution in [1.29, 1.82) is 0 Å². The maximum absolute atomic E-state index is 11.0. The lowest BCUT2D eigenvalue weighted by molar-refractivity contribution is -0.143. The highest BCUT2D eigenvalue weighted by molar-refractivity contribution is 7.80. The van der Waals surface area contributed by atoms with Gasteiger partial charge in [0.2, 0.25) is 0 Å². The maximum Gasteiger partial charge on any atom is 0.334 e. The van der Waals surface area contributed by atoms with E-state index in [1.54, 1.807) is 6.92 Å². The van der Waals surface area contributed by atoms with Crippen molar-refractivity contribution in [2.75, 3.05) is 6.61 Å². The molecule has 1 atom stereocenters. The molecule has 0 saturated heterocycles. The molecule has 0 saturated carbocycles. The second kappa shape index (κ2) is 3.43. The lowest BCUT2D eigenvalue weighted by Crippen LogP contribution is -2.36. The van der Waals surface area contributed by atoms with Gasteiger partial charge in [-0.1, -0.05) is 0 Å². The highest BCUT2D eigenvalue weighted by Crippen LogP contribution is 1.94. The largest absolute Gasteiger partial charge is 0.464 e. The van der Waals surface area contributed by atoms with E-state index in [4.69, 9.17) is 4.74 Å². The summed E-state index contributed by atoms with van der Waals surface area (Å²) in [7, 11) is 0. The first-order chi connectivity index (χ1) is 5.24. The zero-order valence-electron chi connectivity index (χ0n) is 6.03. The molecule has 1 unspecified atom stereocenters. The van der Waals surface area contributed by atoms with Crippen molar-refractivity contribution in [2.45, 2.75) is 13.0 Å². The fourth-order valence-corrected chi connectivity index (χ4v) is 0.889. The second-order valence-corrected chi connectivity index (χ2v) is 2.34. The molecule has 1 N–H and O–H groups in total. The van der Waals surface area contributed by atoms with Crippen LogP contribution in [0.15, 0.2) is 4.99 Å². The van der Waals surface area contributed by atoms with E-state index in [0.717, 1.165) is 0 Å². The summed E-state index contributed by atoms with van der Waals surface area (Å²) in [5, 5.41) is 3.01. The van der Waals surface area contributed by atoms with Crippen LogP contribution in [0.4, 0.5) is 0 Å². The Kier molecular flexibility index (Phi) is 2.53. The number of ether oxygens (including phenoxy) is 1. The molecule has 0 amide bonds. The molecule has 0 radical (unpaired) electrons. The van der Waals surface area contributed by atoms with Crippen LogP contribution in [-0.4, -0.2) is 29.9 Å². The van der Waals surface area contributed by atoms with E-state index < -0.39 is 6.04 Å². The zero-order chi connectivity index (χ0) is 8.27. The molecule has 1 heterocycles. The summed E-state index contributed by atoms with van der Waals surface area (Å²) in [6, 6.07) is -0.484. The van der Waals surface area contributed by atoms with Gasteiger partial charge in [-0.05, 0) is 19.1 Å². The average molecular weight is 172 g/mol. The molecule has 0 aliphatic carbocycles. The van der Waals surface area contributed by atoms with E-state index >= 15 is 0 Å². The number of carbonyl (C=O) groups is 1. The van der Waals surface area contributed by atoms with E-state index in [2.05, 4.69) is 22.5 Å². The number of esters is 1. The molecule has 4 nitrogen and oxygen atoms in total. The lowest BCUT2D eigenvalue weighted by atomic mass is 10.3. The molecule has 0 aromatic rings. The van der Waals surface area contributed by atoms with Gasteiger partial charge in [-0.3, -0.25) is 0 Å². The third-order valence-electron chi connectivity index (χ3n) is 1.16. The summed E-state index contributed by atoms with van der Waals surface area (Å²) < 4.78 is 4.72. The Balaban J connectivity index is 2.44. The molecule has 0 aromatic carbocycles. The summed E-state index contributed by atoms with van der Waals surface area (Å²) in [6.07, 6.45) is 1.44. The Hall–Kier alpha value is -0.970. The van der Waals surface area contributed by atoms with E-state index in [1.807, 2.05) is 0 Å². The number of carbonyl (C=O) groups excluding carboxylic acids is 1. The minimum absolute atomic E-state index is 0.336. The number of hydrogen-bond donors (Lipinski definition) is 1. The highest BCUT2D eigenvalue weighted by Gasteiger charge is 2.21. The van der Waals surface area contributed by atoms with Crippen LogP contribution in [0, 0.1) is 0 Å². The molecule has 1 aliphatic rings. The number of aliphatic imine (C=N–C) groups is 1. The monoisotopic (exact) mass is 172 g/mol. The molecule has 5 heteroatoms. The van der Waals surface area contributed by atoms with Crippen LogP contribution in [0.2, 0.25) is 0 Å². The quantitative estimate of drug-likeness (QED) is 0.466. The predicted octanol–water partition coefficient (Wildman–Crippen LogP) is -0.123. The third kappa shape index (κ3) is 1.98. The van der Waals surface area contributed by atoms with Crippen LogP contribution in [-0.2, 0) is 9.53 Å². The topological polar surface area (TPSA) is 50.7 Å². The predicted molar refractivity (Wildman–Crippen MR) is 44.6 cm³/mol. The minimum Gasteiger partial charge on any atom is -0.464 e. The summed E-state index contributed by atoms with van der Waals surface area (Å²) in [4.78, 5) is 14.7. The first-order valence-corrected chi connectivity index (χ1v) is 3.66. The SMILES string of the molecule is CCOC(=O)C1C=NC(=S)N1. The van der Waals surface area contributed by atoms with Gasteiger partial charge in [0.15, 0.2) is 11.2 Å². The smallest absolute Gasteiger partial charge is 0.334 e. The number of rotatable bonds is 2. The normalized spacial score (nSPS) is 21.5. The van der Waals surface area contributed by atoms with Crippen molar-refractivity contribution in [1.82, 2.24) is 5.32 Å². The van der Waals surface area contributed by atoms with Crippen molar-refractivity contribution in [2.24, 2.45) is 4.99 Å².